The molecule has 0 fully saturated rings. The van der Waals surface area contributed by atoms with Crippen LogP contribution in [0.1, 0.15) is 11.1 Å². The molecular weight excluding hydrogens is 319 g/mol. The smallest absolute Gasteiger partial charge is 0.0202 e. The predicted molar refractivity (Wildman–Crippen MR) is 83.9 cm³/mol. The average molecular weight is 332 g/mol. The van der Waals surface area contributed by atoms with Crippen molar-refractivity contribution in [3.05, 3.63) is 83.9 Å². The van der Waals surface area contributed by atoms with Crippen molar-refractivity contribution in [3.8, 4) is 0 Å². The molecule has 0 saturated carbocycles. The number of hydrogen-bond donors (Lipinski definition) is 0. The molecule has 0 aromatic heterocycles. The van der Waals surface area contributed by atoms with Gasteiger partial charge in [0.1, 0.15) is 0 Å². The zero-order chi connectivity index (χ0) is 11.9. The van der Waals surface area contributed by atoms with Gasteiger partial charge < -0.3 is 0 Å². The van der Waals surface area contributed by atoms with Gasteiger partial charge in [-0.25, -0.2) is 0 Å². The Bertz CT molecular complexity index is 510. The van der Waals surface area contributed by atoms with Gasteiger partial charge in [0.15, 0.2) is 0 Å². The maximum atomic E-state index is 2.36. The van der Waals surface area contributed by atoms with Crippen molar-refractivity contribution in [3.63, 3.8) is 0 Å². The zero-order valence-electron chi connectivity index (χ0n) is 9.38. The summed E-state index contributed by atoms with van der Waals surface area (Å²) in [5.41, 5.74) is 2.48. The average Bonchev–Trinajstić information content (AvgIpc) is 2.41. The summed E-state index contributed by atoms with van der Waals surface area (Å²) in [7, 11) is 0. The van der Waals surface area contributed by atoms with Crippen molar-refractivity contribution in [1.82, 2.24) is 0 Å². The Balaban J connectivity index is 2.09. The minimum atomic E-state index is 1.22. The van der Waals surface area contributed by atoms with Crippen LogP contribution in [0.3, 0.4) is 0 Å². The fourth-order valence-electron chi connectivity index (χ4n) is 1.50. The fourth-order valence-corrected chi connectivity index (χ4v) is 2.07. The first kappa shape index (κ1) is 12.1. The molecule has 0 saturated heterocycles. The Morgan fingerprint density at radius 1 is 0.824 bits per heavy atom. The van der Waals surface area contributed by atoms with Crippen molar-refractivity contribution in [2.24, 2.45) is 0 Å². The second kappa shape index (κ2) is 6.40. The predicted octanol–water partition coefficient (Wildman–Crippen LogP) is 5.18. The van der Waals surface area contributed by atoms with E-state index >= 15 is 0 Å². The molecule has 84 valence electrons. The number of halogens is 1. The quantitative estimate of drug-likeness (QED) is 0.537. The number of benzene rings is 2. The molecule has 0 bridgehead atoms. The van der Waals surface area contributed by atoms with Gasteiger partial charge in [0.2, 0.25) is 0 Å². The third-order valence-electron chi connectivity index (χ3n) is 2.38. The van der Waals surface area contributed by atoms with Gasteiger partial charge in [0, 0.05) is 3.58 Å². The van der Waals surface area contributed by atoms with Gasteiger partial charge in [-0.3, -0.25) is 0 Å². The van der Waals surface area contributed by atoms with Crippen molar-refractivity contribution >= 4 is 32.2 Å². The highest BCUT2D eigenvalue weighted by atomic mass is 127. The Morgan fingerprint density at radius 2 is 1.41 bits per heavy atom. The van der Waals surface area contributed by atoms with Gasteiger partial charge in [-0.1, -0.05) is 72.8 Å². The van der Waals surface area contributed by atoms with Crippen LogP contribution in [-0.4, -0.2) is 0 Å². The van der Waals surface area contributed by atoms with Gasteiger partial charge >= 0.3 is 0 Å². The van der Waals surface area contributed by atoms with Gasteiger partial charge in [-0.15, -0.1) is 0 Å². The zero-order valence-corrected chi connectivity index (χ0v) is 11.5. The molecule has 0 aliphatic carbocycles. The first-order valence-electron chi connectivity index (χ1n) is 5.50. The second-order valence-electron chi connectivity index (χ2n) is 3.65. The second-order valence-corrected chi connectivity index (χ2v) is 4.81. The third-order valence-corrected chi connectivity index (χ3v) is 3.36. The summed E-state index contributed by atoms with van der Waals surface area (Å²) in [5.74, 6) is 0. The van der Waals surface area contributed by atoms with Crippen molar-refractivity contribution < 1.29 is 0 Å². The summed E-state index contributed by atoms with van der Waals surface area (Å²) < 4.78 is 1.25. The van der Waals surface area contributed by atoms with Crippen LogP contribution in [0.5, 0.6) is 0 Å². The number of allylic oxidation sites excluding steroid dienone is 2. The molecule has 0 N–H and O–H groups in total. The minimum absolute atomic E-state index is 1.22. The molecule has 2 aromatic carbocycles. The summed E-state index contributed by atoms with van der Waals surface area (Å²) in [6.07, 6.45) is 6.33. The topological polar surface area (TPSA) is 0 Å². The third kappa shape index (κ3) is 3.86. The van der Waals surface area contributed by atoms with Gasteiger partial charge in [-0.2, -0.15) is 0 Å². The Kier molecular flexibility index (Phi) is 4.56. The summed E-state index contributed by atoms with van der Waals surface area (Å²) in [5, 5.41) is 0. The normalized spacial score (nSPS) is 11.9. The Morgan fingerprint density at radius 3 is 2.06 bits per heavy atom. The van der Waals surface area contributed by atoms with Crippen LogP contribution < -0.4 is 0 Å². The molecule has 0 aliphatic rings. The summed E-state index contributed by atoms with van der Waals surface area (Å²) in [4.78, 5) is 0. The van der Waals surface area contributed by atoms with Crippen molar-refractivity contribution in [2.45, 2.75) is 0 Å². The molecule has 0 radical (unpaired) electrons. The van der Waals surface area contributed by atoms with E-state index in [0.29, 0.717) is 0 Å². The van der Waals surface area contributed by atoms with E-state index in [1.807, 2.05) is 24.3 Å². The van der Waals surface area contributed by atoms with Crippen LogP contribution in [0.15, 0.2) is 72.8 Å². The molecule has 0 unspecified atom stereocenters. The van der Waals surface area contributed by atoms with E-state index in [0.717, 1.165) is 0 Å². The molecule has 2 rings (SSSR count). The molecule has 17 heavy (non-hydrogen) atoms. The molecule has 0 amide bonds. The first-order chi connectivity index (χ1) is 8.36. The van der Waals surface area contributed by atoms with Crippen molar-refractivity contribution in [1.29, 1.82) is 0 Å². The molecule has 1 heteroatoms. The SMILES string of the molecule is IC(=CC=Cc1ccccc1)c1ccccc1. The molecule has 0 spiro atoms. The monoisotopic (exact) mass is 332 g/mol. The lowest BCUT2D eigenvalue weighted by atomic mass is 10.2. The van der Waals surface area contributed by atoms with Crippen LogP contribution in [0.4, 0.5) is 0 Å². The summed E-state index contributed by atoms with van der Waals surface area (Å²) in [6.45, 7) is 0. The van der Waals surface area contributed by atoms with E-state index in [1.54, 1.807) is 0 Å². The van der Waals surface area contributed by atoms with Gasteiger partial charge in [-0.05, 0) is 39.8 Å². The maximum Gasteiger partial charge on any atom is 0.0202 e. The van der Waals surface area contributed by atoms with Crippen LogP contribution >= 0.6 is 22.6 Å². The van der Waals surface area contributed by atoms with Crippen LogP contribution in [-0.2, 0) is 0 Å². The maximum absolute atomic E-state index is 2.36. The minimum Gasteiger partial charge on any atom is -0.0622 e. The van der Waals surface area contributed by atoms with Gasteiger partial charge in [0.05, 0.1) is 0 Å². The van der Waals surface area contributed by atoms with Crippen LogP contribution in [0, 0.1) is 0 Å². The van der Waals surface area contributed by atoms with E-state index in [1.165, 1.54) is 14.7 Å². The summed E-state index contributed by atoms with van der Waals surface area (Å²) in [6, 6.07) is 20.7. The van der Waals surface area contributed by atoms with Crippen LogP contribution in [0.2, 0.25) is 0 Å². The standard InChI is InChI=1S/C16H13I/c17-16(15-11-5-2-6-12-15)13-7-10-14-8-3-1-4-9-14/h1-13H. The van der Waals surface area contributed by atoms with E-state index in [-0.39, 0.29) is 0 Å². The van der Waals surface area contributed by atoms with E-state index < -0.39 is 0 Å². The van der Waals surface area contributed by atoms with E-state index in [2.05, 4.69) is 77.2 Å². The van der Waals surface area contributed by atoms with E-state index in [9.17, 15) is 0 Å². The highest BCUT2D eigenvalue weighted by Gasteiger charge is 1.92. The molecule has 0 atom stereocenters. The number of rotatable bonds is 3. The van der Waals surface area contributed by atoms with Crippen LogP contribution in [0.25, 0.3) is 9.66 Å². The van der Waals surface area contributed by atoms with Gasteiger partial charge in [0.25, 0.3) is 0 Å². The lowest BCUT2D eigenvalue weighted by Crippen LogP contribution is -1.73. The Hall–Kier alpha value is -1.35. The largest absolute Gasteiger partial charge is 0.0622 e. The summed E-state index contributed by atoms with van der Waals surface area (Å²) >= 11 is 2.36. The highest BCUT2D eigenvalue weighted by Crippen LogP contribution is 2.21. The Labute approximate surface area is 116 Å². The lowest BCUT2D eigenvalue weighted by Gasteiger charge is -1.96. The lowest BCUT2D eigenvalue weighted by molar-refractivity contribution is 1.65. The molecule has 2 aromatic rings. The molecular formula is C16H13I. The highest BCUT2D eigenvalue weighted by molar-refractivity contribution is 14.1. The first-order valence-corrected chi connectivity index (χ1v) is 6.58. The van der Waals surface area contributed by atoms with E-state index in [4.69, 9.17) is 0 Å². The fraction of sp³-hybridized carbons (Fsp3) is 0. The molecule has 0 nitrogen and oxygen atoms in total. The molecule has 0 heterocycles. The van der Waals surface area contributed by atoms with Crippen molar-refractivity contribution in [2.75, 3.05) is 0 Å². The number of hydrogen-bond acceptors (Lipinski definition) is 0. The molecule has 0 aliphatic heterocycles.